The van der Waals surface area contributed by atoms with E-state index in [9.17, 15) is 0 Å². The Balaban J connectivity index is 2.18. The molecule has 0 saturated carbocycles. The lowest BCUT2D eigenvalue weighted by Crippen LogP contribution is -1.98. The summed E-state index contributed by atoms with van der Waals surface area (Å²) in [6, 6.07) is 13.2. The van der Waals surface area contributed by atoms with Crippen molar-refractivity contribution in [2.75, 3.05) is 12.8 Å². The van der Waals surface area contributed by atoms with Gasteiger partial charge in [0.2, 0.25) is 0 Å². The lowest BCUT2D eigenvalue weighted by atomic mass is 10.2. The average Bonchev–Trinajstić information content (AvgIpc) is 2.84. The molecular weight excluding hydrogens is 228 g/mol. The second kappa shape index (κ2) is 4.03. The molecule has 0 aliphatic rings. The van der Waals surface area contributed by atoms with Crippen LogP contribution in [0.1, 0.15) is 0 Å². The van der Waals surface area contributed by atoms with Crippen molar-refractivity contribution in [3.63, 3.8) is 0 Å². The number of pyridine rings is 1. The quantitative estimate of drug-likeness (QED) is 0.744. The minimum Gasteiger partial charge on any atom is -0.497 e. The Hall–Kier alpha value is -2.56. The standard InChI is InChI=1S/C13H12N4O/c1-18-10-7-5-9(6-8-10)13-16-15-12-4-2-3-11(14)17(12)13/h2-8H,14H2,1H3. The minimum atomic E-state index is 0.614. The monoisotopic (exact) mass is 240 g/mol. The summed E-state index contributed by atoms with van der Waals surface area (Å²) in [4.78, 5) is 0. The Kier molecular flexibility index (Phi) is 2.37. The van der Waals surface area contributed by atoms with E-state index < -0.39 is 0 Å². The maximum absolute atomic E-state index is 5.95. The van der Waals surface area contributed by atoms with E-state index in [1.807, 2.05) is 46.9 Å². The summed E-state index contributed by atoms with van der Waals surface area (Å²) in [7, 11) is 1.64. The van der Waals surface area contributed by atoms with Gasteiger partial charge in [-0.1, -0.05) is 6.07 Å². The van der Waals surface area contributed by atoms with E-state index in [-0.39, 0.29) is 0 Å². The summed E-state index contributed by atoms with van der Waals surface area (Å²) in [6.45, 7) is 0. The van der Waals surface area contributed by atoms with Gasteiger partial charge in [0.05, 0.1) is 7.11 Å². The lowest BCUT2D eigenvalue weighted by molar-refractivity contribution is 0.415. The molecule has 0 aliphatic carbocycles. The van der Waals surface area contributed by atoms with E-state index in [1.54, 1.807) is 7.11 Å². The van der Waals surface area contributed by atoms with Gasteiger partial charge in [-0.05, 0) is 36.4 Å². The van der Waals surface area contributed by atoms with Gasteiger partial charge in [-0.15, -0.1) is 10.2 Å². The molecule has 0 radical (unpaired) electrons. The van der Waals surface area contributed by atoms with Crippen LogP contribution in [0.25, 0.3) is 17.0 Å². The number of anilines is 1. The third-order valence-corrected chi connectivity index (χ3v) is 2.81. The van der Waals surface area contributed by atoms with Crippen molar-refractivity contribution in [2.45, 2.75) is 0 Å². The van der Waals surface area contributed by atoms with E-state index in [1.165, 1.54) is 0 Å². The lowest BCUT2D eigenvalue weighted by Gasteiger charge is -2.04. The number of nitrogens with zero attached hydrogens (tertiary/aromatic N) is 3. The fourth-order valence-corrected chi connectivity index (χ4v) is 1.89. The largest absolute Gasteiger partial charge is 0.497 e. The summed E-state index contributed by atoms with van der Waals surface area (Å²) in [5.74, 6) is 2.15. The van der Waals surface area contributed by atoms with Crippen LogP contribution in [-0.2, 0) is 0 Å². The number of hydrogen-bond acceptors (Lipinski definition) is 4. The van der Waals surface area contributed by atoms with Crippen LogP contribution in [0.5, 0.6) is 5.75 Å². The van der Waals surface area contributed by atoms with Crippen LogP contribution in [0.15, 0.2) is 42.5 Å². The number of ether oxygens (including phenoxy) is 1. The smallest absolute Gasteiger partial charge is 0.169 e. The Morgan fingerprint density at radius 2 is 1.83 bits per heavy atom. The molecule has 90 valence electrons. The van der Waals surface area contributed by atoms with E-state index in [2.05, 4.69) is 10.2 Å². The first-order valence-electron chi connectivity index (χ1n) is 5.53. The molecular formula is C13H12N4O. The van der Waals surface area contributed by atoms with Gasteiger partial charge >= 0.3 is 0 Å². The first-order chi connectivity index (χ1) is 8.79. The number of aromatic nitrogens is 3. The number of fused-ring (bicyclic) bond motifs is 1. The third-order valence-electron chi connectivity index (χ3n) is 2.81. The third kappa shape index (κ3) is 1.57. The molecule has 0 fully saturated rings. The van der Waals surface area contributed by atoms with Crippen molar-refractivity contribution in [1.29, 1.82) is 0 Å². The maximum Gasteiger partial charge on any atom is 0.169 e. The number of nitrogen functional groups attached to an aromatic ring is 1. The highest BCUT2D eigenvalue weighted by Gasteiger charge is 2.09. The summed E-state index contributed by atoms with van der Waals surface area (Å²) in [5.41, 5.74) is 7.64. The van der Waals surface area contributed by atoms with Crippen molar-refractivity contribution in [3.05, 3.63) is 42.5 Å². The molecule has 0 spiro atoms. The van der Waals surface area contributed by atoms with Gasteiger partial charge < -0.3 is 10.5 Å². The molecule has 5 nitrogen and oxygen atoms in total. The predicted octanol–water partition coefficient (Wildman–Crippen LogP) is 1.99. The fourth-order valence-electron chi connectivity index (χ4n) is 1.89. The number of hydrogen-bond donors (Lipinski definition) is 1. The van der Waals surface area contributed by atoms with Crippen molar-refractivity contribution in [3.8, 4) is 17.1 Å². The summed E-state index contributed by atoms with van der Waals surface area (Å²) < 4.78 is 6.95. The maximum atomic E-state index is 5.95. The van der Waals surface area contributed by atoms with Gasteiger partial charge in [-0.2, -0.15) is 0 Å². The number of benzene rings is 1. The molecule has 0 amide bonds. The average molecular weight is 240 g/mol. The highest BCUT2D eigenvalue weighted by molar-refractivity contribution is 5.63. The molecule has 0 saturated heterocycles. The molecule has 3 aromatic rings. The van der Waals surface area contributed by atoms with Crippen LogP contribution in [0.3, 0.4) is 0 Å². The van der Waals surface area contributed by atoms with E-state index >= 15 is 0 Å². The zero-order valence-electron chi connectivity index (χ0n) is 9.87. The zero-order chi connectivity index (χ0) is 12.5. The zero-order valence-corrected chi connectivity index (χ0v) is 9.87. The van der Waals surface area contributed by atoms with Crippen LogP contribution in [-0.4, -0.2) is 21.7 Å². The molecule has 0 aliphatic heterocycles. The van der Waals surface area contributed by atoms with Gasteiger partial charge in [0.25, 0.3) is 0 Å². The molecule has 2 aromatic heterocycles. The first-order valence-corrected chi connectivity index (χ1v) is 5.53. The van der Waals surface area contributed by atoms with E-state index in [0.717, 1.165) is 22.8 Å². The van der Waals surface area contributed by atoms with Crippen LogP contribution in [0.2, 0.25) is 0 Å². The minimum absolute atomic E-state index is 0.614. The molecule has 1 aromatic carbocycles. The topological polar surface area (TPSA) is 65.4 Å². The SMILES string of the molecule is COc1ccc(-c2nnc3cccc(N)n23)cc1. The summed E-state index contributed by atoms with van der Waals surface area (Å²) in [5, 5.41) is 8.27. The highest BCUT2D eigenvalue weighted by Crippen LogP contribution is 2.23. The Labute approximate surface area is 104 Å². The van der Waals surface area contributed by atoms with Gasteiger partial charge in [-0.25, -0.2) is 0 Å². The number of methoxy groups -OCH3 is 1. The van der Waals surface area contributed by atoms with Crippen molar-refractivity contribution < 1.29 is 4.74 Å². The Morgan fingerprint density at radius 1 is 1.06 bits per heavy atom. The summed E-state index contributed by atoms with van der Waals surface area (Å²) in [6.07, 6.45) is 0. The summed E-state index contributed by atoms with van der Waals surface area (Å²) >= 11 is 0. The van der Waals surface area contributed by atoms with Crippen LogP contribution in [0, 0.1) is 0 Å². The first kappa shape index (κ1) is 10.6. The van der Waals surface area contributed by atoms with Crippen LogP contribution >= 0.6 is 0 Å². The molecule has 0 unspecified atom stereocenters. The fraction of sp³-hybridized carbons (Fsp3) is 0.0769. The van der Waals surface area contributed by atoms with Gasteiger partial charge in [0.15, 0.2) is 11.5 Å². The number of rotatable bonds is 2. The van der Waals surface area contributed by atoms with E-state index in [4.69, 9.17) is 10.5 Å². The molecule has 3 rings (SSSR count). The second-order valence-electron chi connectivity index (χ2n) is 3.90. The molecule has 0 bridgehead atoms. The highest BCUT2D eigenvalue weighted by atomic mass is 16.5. The second-order valence-corrected chi connectivity index (χ2v) is 3.90. The Bertz CT molecular complexity index is 688. The molecule has 5 heteroatoms. The van der Waals surface area contributed by atoms with Crippen molar-refractivity contribution >= 4 is 11.5 Å². The normalized spacial score (nSPS) is 10.7. The van der Waals surface area contributed by atoms with Gasteiger partial charge in [0, 0.05) is 5.56 Å². The van der Waals surface area contributed by atoms with Crippen molar-refractivity contribution in [1.82, 2.24) is 14.6 Å². The molecule has 18 heavy (non-hydrogen) atoms. The molecule has 2 heterocycles. The molecule has 2 N–H and O–H groups in total. The Morgan fingerprint density at radius 3 is 2.56 bits per heavy atom. The van der Waals surface area contributed by atoms with Crippen LogP contribution in [0.4, 0.5) is 5.82 Å². The van der Waals surface area contributed by atoms with Gasteiger partial charge in [0.1, 0.15) is 11.6 Å². The van der Waals surface area contributed by atoms with E-state index in [0.29, 0.717) is 5.82 Å². The predicted molar refractivity (Wildman–Crippen MR) is 69.4 cm³/mol. The number of nitrogens with two attached hydrogens (primary N) is 1. The molecule has 0 atom stereocenters. The van der Waals surface area contributed by atoms with Crippen molar-refractivity contribution in [2.24, 2.45) is 0 Å². The van der Waals surface area contributed by atoms with Crippen LogP contribution < -0.4 is 10.5 Å². The van der Waals surface area contributed by atoms with Gasteiger partial charge in [-0.3, -0.25) is 4.40 Å².